The molecule has 0 aliphatic heterocycles. The van der Waals surface area contributed by atoms with E-state index in [0.717, 1.165) is 17.5 Å². The van der Waals surface area contributed by atoms with E-state index in [0.29, 0.717) is 12.2 Å². The third-order valence-corrected chi connectivity index (χ3v) is 2.65. The normalized spacial score (nSPS) is 12.3. The molecule has 0 saturated carbocycles. The van der Waals surface area contributed by atoms with Crippen molar-refractivity contribution in [3.05, 3.63) is 30.5 Å². The number of rotatable bonds is 5. The number of aromatic nitrogens is 2. The first-order chi connectivity index (χ1) is 8.70. The number of fused-ring (bicyclic) bond motifs is 1. The molecule has 0 aliphatic carbocycles. The zero-order chi connectivity index (χ0) is 13.0. The van der Waals surface area contributed by atoms with E-state index in [1.54, 1.807) is 6.20 Å². The van der Waals surface area contributed by atoms with Crippen LogP contribution in [0.2, 0.25) is 0 Å². The van der Waals surface area contributed by atoms with Gasteiger partial charge in [0.15, 0.2) is 0 Å². The average molecular weight is 245 g/mol. The fourth-order valence-electron chi connectivity index (χ4n) is 1.75. The second-order valence-corrected chi connectivity index (χ2v) is 4.07. The summed E-state index contributed by atoms with van der Waals surface area (Å²) in [5.41, 5.74) is 1.55. The van der Waals surface area contributed by atoms with E-state index >= 15 is 0 Å². The van der Waals surface area contributed by atoms with Gasteiger partial charge in [-0.3, -0.25) is 4.98 Å². The molecule has 0 bridgehead atoms. The summed E-state index contributed by atoms with van der Waals surface area (Å²) in [6, 6.07) is 6.86. The lowest BCUT2D eigenvalue weighted by Crippen LogP contribution is -2.29. The predicted octanol–water partition coefficient (Wildman–Crippen LogP) is 2.29. The minimum absolute atomic E-state index is 0.495. The number of benzene rings is 1. The Bertz CT molecular complexity index is 557. The van der Waals surface area contributed by atoms with Crippen LogP contribution in [0.4, 0.5) is 5.82 Å². The summed E-state index contributed by atoms with van der Waals surface area (Å²) in [5, 5.41) is 12.0. The van der Waals surface area contributed by atoms with E-state index in [1.165, 1.54) is 0 Å². The van der Waals surface area contributed by atoms with Gasteiger partial charge >= 0.3 is 5.97 Å². The Balaban J connectivity index is 2.22. The first kappa shape index (κ1) is 12.3. The first-order valence-corrected chi connectivity index (χ1v) is 5.92. The Labute approximate surface area is 105 Å². The molecule has 18 heavy (non-hydrogen) atoms. The Morgan fingerprint density at radius 2 is 2.11 bits per heavy atom. The highest BCUT2D eigenvalue weighted by molar-refractivity contribution is 5.78. The maximum Gasteiger partial charge on any atom is 0.326 e. The summed E-state index contributed by atoms with van der Waals surface area (Å²) in [7, 11) is 0. The quantitative estimate of drug-likeness (QED) is 0.845. The lowest BCUT2D eigenvalue weighted by Gasteiger charge is -2.13. The summed E-state index contributed by atoms with van der Waals surface area (Å²) < 4.78 is 0. The van der Waals surface area contributed by atoms with Crippen LogP contribution in [0, 0.1) is 0 Å². The molecule has 1 atom stereocenters. The van der Waals surface area contributed by atoms with Gasteiger partial charge in [-0.25, -0.2) is 9.78 Å². The second-order valence-electron chi connectivity index (χ2n) is 4.07. The van der Waals surface area contributed by atoms with E-state index in [4.69, 9.17) is 5.11 Å². The Kier molecular flexibility index (Phi) is 3.72. The van der Waals surface area contributed by atoms with Gasteiger partial charge in [0.25, 0.3) is 0 Å². The van der Waals surface area contributed by atoms with Crippen molar-refractivity contribution in [3.8, 4) is 0 Å². The van der Waals surface area contributed by atoms with E-state index < -0.39 is 12.0 Å². The fraction of sp³-hybridized carbons (Fsp3) is 0.308. The van der Waals surface area contributed by atoms with Crippen LogP contribution in [0.25, 0.3) is 11.0 Å². The van der Waals surface area contributed by atoms with Gasteiger partial charge in [-0.15, -0.1) is 0 Å². The Morgan fingerprint density at radius 1 is 1.39 bits per heavy atom. The number of nitrogens with zero attached hydrogens (tertiary/aromatic N) is 2. The Morgan fingerprint density at radius 3 is 2.78 bits per heavy atom. The predicted molar refractivity (Wildman–Crippen MR) is 69.5 cm³/mol. The molecule has 0 aliphatic rings. The van der Waals surface area contributed by atoms with Gasteiger partial charge in [0, 0.05) is 0 Å². The van der Waals surface area contributed by atoms with Crippen LogP contribution < -0.4 is 5.32 Å². The number of carboxylic acids is 1. The number of carboxylic acid groups (broad SMARTS) is 1. The molecule has 94 valence electrons. The summed E-state index contributed by atoms with van der Waals surface area (Å²) in [5.74, 6) is -0.374. The minimum atomic E-state index is -0.869. The molecule has 1 aromatic carbocycles. The molecule has 5 heteroatoms. The van der Waals surface area contributed by atoms with Gasteiger partial charge in [0.1, 0.15) is 11.9 Å². The summed E-state index contributed by atoms with van der Waals surface area (Å²) in [6.07, 6.45) is 2.92. The maximum atomic E-state index is 11.0. The molecular weight excluding hydrogens is 230 g/mol. The van der Waals surface area contributed by atoms with E-state index in [-0.39, 0.29) is 0 Å². The average Bonchev–Trinajstić information content (AvgIpc) is 2.38. The molecule has 0 amide bonds. The zero-order valence-electron chi connectivity index (χ0n) is 10.1. The number of anilines is 1. The third-order valence-electron chi connectivity index (χ3n) is 2.65. The lowest BCUT2D eigenvalue weighted by molar-refractivity contribution is -0.138. The van der Waals surface area contributed by atoms with Crippen LogP contribution >= 0.6 is 0 Å². The molecule has 0 saturated heterocycles. The van der Waals surface area contributed by atoms with Crippen molar-refractivity contribution >= 4 is 22.8 Å². The molecule has 2 aromatic rings. The molecule has 0 spiro atoms. The van der Waals surface area contributed by atoms with Crippen molar-refractivity contribution in [2.45, 2.75) is 25.8 Å². The minimum Gasteiger partial charge on any atom is -0.480 e. The number of nitrogens with one attached hydrogen (secondary N) is 1. The highest BCUT2D eigenvalue weighted by Crippen LogP contribution is 2.13. The molecule has 1 heterocycles. The topological polar surface area (TPSA) is 75.1 Å². The van der Waals surface area contributed by atoms with Crippen molar-refractivity contribution in [2.75, 3.05) is 5.32 Å². The fourth-order valence-corrected chi connectivity index (χ4v) is 1.75. The smallest absolute Gasteiger partial charge is 0.326 e. The number of carbonyl (C=O) groups is 1. The van der Waals surface area contributed by atoms with Gasteiger partial charge in [0.05, 0.1) is 17.2 Å². The number of para-hydroxylation sites is 2. The van der Waals surface area contributed by atoms with E-state index in [2.05, 4.69) is 15.3 Å². The molecule has 2 rings (SSSR count). The van der Waals surface area contributed by atoms with Crippen molar-refractivity contribution in [3.63, 3.8) is 0 Å². The first-order valence-electron chi connectivity index (χ1n) is 5.92. The molecule has 1 unspecified atom stereocenters. The monoisotopic (exact) mass is 245 g/mol. The summed E-state index contributed by atoms with van der Waals surface area (Å²) in [4.78, 5) is 19.6. The molecule has 2 N–H and O–H groups in total. The van der Waals surface area contributed by atoms with Gasteiger partial charge < -0.3 is 10.4 Å². The number of aliphatic carboxylic acids is 1. The van der Waals surface area contributed by atoms with Crippen molar-refractivity contribution in [2.24, 2.45) is 0 Å². The van der Waals surface area contributed by atoms with Crippen LogP contribution in [0.15, 0.2) is 30.5 Å². The number of hydrogen-bond donors (Lipinski definition) is 2. The molecule has 1 aromatic heterocycles. The van der Waals surface area contributed by atoms with Crippen LogP contribution in [-0.2, 0) is 4.79 Å². The van der Waals surface area contributed by atoms with Gasteiger partial charge in [-0.2, -0.15) is 0 Å². The molecule has 0 fully saturated rings. The Hall–Kier alpha value is -2.17. The number of hydrogen-bond acceptors (Lipinski definition) is 4. The van der Waals surface area contributed by atoms with Gasteiger partial charge in [0.2, 0.25) is 0 Å². The van der Waals surface area contributed by atoms with Crippen LogP contribution in [0.1, 0.15) is 19.8 Å². The summed E-state index contributed by atoms with van der Waals surface area (Å²) in [6.45, 7) is 1.95. The van der Waals surface area contributed by atoms with Gasteiger partial charge in [-0.1, -0.05) is 25.5 Å². The van der Waals surface area contributed by atoms with Crippen LogP contribution in [0.3, 0.4) is 0 Å². The van der Waals surface area contributed by atoms with Gasteiger partial charge in [-0.05, 0) is 18.6 Å². The van der Waals surface area contributed by atoms with Crippen molar-refractivity contribution < 1.29 is 9.90 Å². The SMILES string of the molecule is CCCC(Nc1cnc2ccccc2n1)C(=O)O. The zero-order valence-corrected chi connectivity index (χ0v) is 10.1. The van der Waals surface area contributed by atoms with Crippen molar-refractivity contribution in [1.29, 1.82) is 0 Å². The molecule has 0 radical (unpaired) electrons. The molecule has 5 nitrogen and oxygen atoms in total. The van der Waals surface area contributed by atoms with E-state index in [1.807, 2.05) is 31.2 Å². The highest BCUT2D eigenvalue weighted by Gasteiger charge is 2.16. The van der Waals surface area contributed by atoms with E-state index in [9.17, 15) is 4.79 Å². The maximum absolute atomic E-state index is 11.0. The van der Waals surface area contributed by atoms with Crippen LogP contribution in [0.5, 0.6) is 0 Å². The lowest BCUT2D eigenvalue weighted by atomic mass is 10.2. The van der Waals surface area contributed by atoms with Crippen LogP contribution in [-0.4, -0.2) is 27.1 Å². The highest BCUT2D eigenvalue weighted by atomic mass is 16.4. The standard InChI is InChI=1S/C13H15N3O2/c1-2-5-11(13(17)18)16-12-8-14-9-6-3-4-7-10(9)15-12/h3-4,6-8,11H,2,5H2,1H3,(H,15,16)(H,17,18). The third kappa shape index (κ3) is 2.74. The second kappa shape index (κ2) is 5.44. The van der Waals surface area contributed by atoms with Crippen molar-refractivity contribution in [1.82, 2.24) is 9.97 Å². The molecular formula is C13H15N3O2. The largest absolute Gasteiger partial charge is 0.480 e. The summed E-state index contributed by atoms with van der Waals surface area (Å²) >= 11 is 0.